The highest BCUT2D eigenvalue weighted by Gasteiger charge is 2.35. The Morgan fingerprint density at radius 3 is 2.22 bits per heavy atom. The number of para-hydroxylation sites is 1. The zero-order valence-corrected chi connectivity index (χ0v) is 19.1. The molecule has 0 unspecified atom stereocenters. The van der Waals surface area contributed by atoms with Gasteiger partial charge < -0.3 is 14.3 Å². The first-order valence-electron chi connectivity index (χ1n) is 11.1. The van der Waals surface area contributed by atoms with Gasteiger partial charge in [-0.2, -0.15) is 0 Å². The predicted molar refractivity (Wildman–Crippen MR) is 137 cm³/mol. The molecule has 32 heavy (non-hydrogen) atoms. The smallest absolute Gasteiger partial charge is 0.309 e. The molecule has 0 aliphatic rings. The van der Waals surface area contributed by atoms with Crippen molar-refractivity contribution >= 4 is 45.5 Å². The van der Waals surface area contributed by atoms with Gasteiger partial charge in [0.2, 0.25) is 0 Å². The Kier molecular flexibility index (Phi) is 4.88. The summed E-state index contributed by atoms with van der Waals surface area (Å²) in [4.78, 5) is 0. The van der Waals surface area contributed by atoms with Crippen molar-refractivity contribution in [2.45, 2.75) is 38.9 Å². The van der Waals surface area contributed by atoms with E-state index < -0.39 is 11.2 Å². The third-order valence-corrected chi connectivity index (χ3v) is 6.81. The Labute approximate surface area is 189 Å². The maximum Gasteiger partial charge on any atom is 0.309 e. The second-order valence-corrected chi connectivity index (χ2v) is 9.56. The minimum Gasteiger partial charge on any atom is -0.427 e. The van der Waals surface area contributed by atoms with E-state index in [1.54, 1.807) is 13.8 Å². The zero-order chi connectivity index (χ0) is 22.5. The van der Waals surface area contributed by atoms with Gasteiger partial charge >= 0.3 is 7.48 Å². The maximum atomic E-state index is 10.5. The SMILES string of the molecule is CC(C)(O)C(C)(C)OBc1ccc2c3c4ccccc4ccc3n(-c3ccccc3)c2c1. The third-order valence-electron chi connectivity index (χ3n) is 6.81. The van der Waals surface area contributed by atoms with Crippen LogP contribution in [0.3, 0.4) is 0 Å². The molecule has 5 aromatic rings. The molecule has 0 bridgehead atoms. The molecule has 1 aromatic heterocycles. The molecular weight excluding hydrogens is 393 g/mol. The van der Waals surface area contributed by atoms with Gasteiger partial charge in [-0.1, -0.05) is 66.1 Å². The number of nitrogens with zero attached hydrogens (tertiary/aromatic N) is 1. The lowest BCUT2D eigenvalue weighted by Crippen LogP contribution is -2.49. The second-order valence-electron chi connectivity index (χ2n) is 9.56. The van der Waals surface area contributed by atoms with Gasteiger partial charge in [0, 0.05) is 16.5 Å². The van der Waals surface area contributed by atoms with Crippen molar-refractivity contribution in [1.82, 2.24) is 4.57 Å². The van der Waals surface area contributed by atoms with E-state index in [2.05, 4.69) is 83.4 Å². The summed E-state index contributed by atoms with van der Waals surface area (Å²) in [5.74, 6) is 0. The normalized spacial score (nSPS) is 12.7. The first-order valence-corrected chi connectivity index (χ1v) is 11.1. The van der Waals surface area contributed by atoms with Crippen LogP contribution in [0.5, 0.6) is 0 Å². The fraction of sp³-hybridized carbons (Fsp3) is 0.214. The molecule has 4 aromatic carbocycles. The van der Waals surface area contributed by atoms with Crippen LogP contribution in [0.4, 0.5) is 0 Å². The number of fused-ring (bicyclic) bond motifs is 5. The van der Waals surface area contributed by atoms with Crippen LogP contribution in [0, 0.1) is 0 Å². The number of benzene rings is 4. The van der Waals surface area contributed by atoms with Gasteiger partial charge in [-0.15, -0.1) is 0 Å². The molecule has 0 fully saturated rings. The molecule has 0 amide bonds. The number of hydrogen-bond acceptors (Lipinski definition) is 2. The lowest BCUT2D eigenvalue weighted by molar-refractivity contribution is -0.0893. The summed E-state index contributed by atoms with van der Waals surface area (Å²) >= 11 is 0. The number of aromatic nitrogens is 1. The minimum atomic E-state index is -0.936. The molecule has 0 saturated carbocycles. The molecule has 0 atom stereocenters. The van der Waals surface area contributed by atoms with Crippen LogP contribution in [-0.4, -0.2) is 28.4 Å². The average molecular weight is 421 g/mol. The molecule has 1 heterocycles. The van der Waals surface area contributed by atoms with Gasteiger partial charge in [0.25, 0.3) is 0 Å². The molecule has 160 valence electrons. The van der Waals surface area contributed by atoms with Crippen LogP contribution in [0.1, 0.15) is 27.7 Å². The summed E-state index contributed by atoms with van der Waals surface area (Å²) in [5, 5.41) is 15.5. The Bertz CT molecular complexity index is 1430. The van der Waals surface area contributed by atoms with Crippen LogP contribution < -0.4 is 5.46 Å². The molecule has 5 rings (SSSR count). The van der Waals surface area contributed by atoms with Gasteiger partial charge in [-0.25, -0.2) is 0 Å². The molecule has 0 saturated heterocycles. The van der Waals surface area contributed by atoms with Crippen molar-refractivity contribution in [3.8, 4) is 5.69 Å². The Morgan fingerprint density at radius 2 is 1.47 bits per heavy atom. The fourth-order valence-electron chi connectivity index (χ4n) is 4.22. The molecule has 0 aliphatic heterocycles. The van der Waals surface area contributed by atoms with E-state index in [-0.39, 0.29) is 0 Å². The van der Waals surface area contributed by atoms with Crippen molar-refractivity contribution in [3.05, 3.63) is 84.9 Å². The fourth-order valence-corrected chi connectivity index (χ4v) is 4.22. The summed E-state index contributed by atoms with van der Waals surface area (Å²) in [6.07, 6.45) is 0. The van der Waals surface area contributed by atoms with Crippen LogP contribution in [0.15, 0.2) is 84.9 Å². The molecule has 0 radical (unpaired) electrons. The van der Waals surface area contributed by atoms with E-state index in [0.29, 0.717) is 7.48 Å². The first kappa shape index (κ1) is 20.8. The second kappa shape index (κ2) is 7.51. The average Bonchev–Trinajstić information content (AvgIpc) is 3.11. The van der Waals surface area contributed by atoms with Crippen LogP contribution in [0.2, 0.25) is 0 Å². The first-order chi connectivity index (χ1) is 15.3. The lowest BCUT2D eigenvalue weighted by Gasteiger charge is -2.37. The Morgan fingerprint density at radius 1 is 0.750 bits per heavy atom. The highest BCUT2D eigenvalue weighted by molar-refractivity contribution is 6.47. The van der Waals surface area contributed by atoms with E-state index in [1.807, 2.05) is 19.9 Å². The van der Waals surface area contributed by atoms with Crippen LogP contribution in [0.25, 0.3) is 38.3 Å². The van der Waals surface area contributed by atoms with Gasteiger partial charge in [0.15, 0.2) is 0 Å². The van der Waals surface area contributed by atoms with Crippen LogP contribution in [-0.2, 0) is 4.65 Å². The maximum absolute atomic E-state index is 10.5. The van der Waals surface area contributed by atoms with Crippen LogP contribution >= 0.6 is 0 Å². The summed E-state index contributed by atoms with van der Waals surface area (Å²) in [7, 11) is 0.435. The molecule has 1 N–H and O–H groups in total. The Balaban J connectivity index is 1.73. The Hall–Kier alpha value is -3.08. The summed E-state index contributed by atoms with van der Waals surface area (Å²) in [5.41, 5.74) is 2.97. The highest BCUT2D eigenvalue weighted by atomic mass is 16.5. The molecule has 0 spiro atoms. The van der Waals surface area contributed by atoms with E-state index in [0.717, 1.165) is 16.7 Å². The highest BCUT2D eigenvalue weighted by Crippen LogP contribution is 2.36. The molecule has 0 aliphatic carbocycles. The predicted octanol–water partition coefficient (Wildman–Crippen LogP) is 5.48. The molecule has 4 heteroatoms. The van der Waals surface area contributed by atoms with Crippen molar-refractivity contribution in [2.75, 3.05) is 0 Å². The monoisotopic (exact) mass is 421 g/mol. The van der Waals surface area contributed by atoms with Crippen molar-refractivity contribution in [2.24, 2.45) is 0 Å². The standard InChI is InChI=1S/C28H28BNO2/c1-27(2,31)28(3,4)32-29-20-15-16-23-25(18-20)30(21-11-6-5-7-12-21)24-17-14-19-10-8-9-13-22(19)26(23)24/h5-18,29,31H,1-4H3. The van der Waals surface area contributed by atoms with Gasteiger partial charge in [-0.05, 0) is 62.7 Å². The molecular formula is C28H28BNO2. The van der Waals surface area contributed by atoms with E-state index in [4.69, 9.17) is 4.65 Å². The van der Waals surface area contributed by atoms with Crippen molar-refractivity contribution in [1.29, 1.82) is 0 Å². The van der Waals surface area contributed by atoms with Gasteiger partial charge in [-0.3, -0.25) is 0 Å². The quantitative estimate of drug-likeness (QED) is 0.382. The van der Waals surface area contributed by atoms with Gasteiger partial charge in [0.1, 0.15) is 0 Å². The van der Waals surface area contributed by atoms with Crippen molar-refractivity contribution < 1.29 is 9.76 Å². The zero-order valence-electron chi connectivity index (χ0n) is 19.1. The number of hydrogen-bond donors (Lipinski definition) is 1. The summed E-state index contributed by atoms with van der Waals surface area (Å²) < 4.78 is 8.49. The number of rotatable bonds is 5. The molecule has 3 nitrogen and oxygen atoms in total. The van der Waals surface area contributed by atoms with Crippen molar-refractivity contribution in [3.63, 3.8) is 0 Å². The summed E-state index contributed by atoms with van der Waals surface area (Å²) in [6.45, 7) is 7.43. The van der Waals surface area contributed by atoms with E-state index in [9.17, 15) is 5.11 Å². The lowest BCUT2D eigenvalue weighted by atomic mass is 9.82. The number of aliphatic hydroxyl groups is 1. The third kappa shape index (κ3) is 3.40. The largest absolute Gasteiger partial charge is 0.427 e. The minimum absolute atomic E-state index is 0.435. The van der Waals surface area contributed by atoms with E-state index in [1.165, 1.54) is 27.1 Å². The van der Waals surface area contributed by atoms with Gasteiger partial charge in [0.05, 0.1) is 22.2 Å². The topological polar surface area (TPSA) is 34.4 Å². The van der Waals surface area contributed by atoms with E-state index >= 15 is 0 Å². The summed E-state index contributed by atoms with van der Waals surface area (Å²) in [6, 6.07) is 30.0.